The van der Waals surface area contributed by atoms with Gasteiger partial charge in [0.25, 0.3) is 0 Å². The Morgan fingerprint density at radius 1 is 1.41 bits per heavy atom. The largest absolute Gasteiger partial charge is 0.281 e. The number of sulfone groups is 1. The topological polar surface area (TPSA) is 51.2 Å². The molecule has 0 spiro atoms. The molecule has 0 aliphatic heterocycles. The fourth-order valence-corrected chi connectivity index (χ4v) is 3.24. The summed E-state index contributed by atoms with van der Waals surface area (Å²) < 4.78 is 24.2. The van der Waals surface area contributed by atoms with E-state index in [4.69, 9.17) is 23.2 Å². The third-order valence-corrected chi connectivity index (χ3v) is 5.15. The van der Waals surface area contributed by atoms with Gasteiger partial charge in [-0.25, -0.2) is 8.42 Å². The van der Waals surface area contributed by atoms with E-state index in [1.165, 1.54) is 25.1 Å². The van der Waals surface area contributed by atoms with Gasteiger partial charge in [-0.2, -0.15) is 0 Å². The highest BCUT2D eigenvalue weighted by Gasteiger charge is 2.25. The first-order valence-electron chi connectivity index (χ1n) is 4.93. The SMILES string of the molecule is Cc1cc(S(=O)(=O)C(C)CC(=O)Cl)ccc1Cl. The Balaban J connectivity index is 3.13. The van der Waals surface area contributed by atoms with Crippen LogP contribution in [0.5, 0.6) is 0 Å². The first-order chi connectivity index (χ1) is 7.75. The molecule has 0 fully saturated rings. The molecule has 0 aliphatic carbocycles. The summed E-state index contributed by atoms with van der Waals surface area (Å²) in [5.74, 6) is 0. The van der Waals surface area contributed by atoms with Crippen molar-refractivity contribution in [2.75, 3.05) is 0 Å². The van der Waals surface area contributed by atoms with Gasteiger partial charge >= 0.3 is 0 Å². The lowest BCUT2D eigenvalue weighted by molar-refractivity contribution is -0.111. The lowest BCUT2D eigenvalue weighted by Crippen LogP contribution is -2.20. The van der Waals surface area contributed by atoms with Crippen LogP contribution in [0.4, 0.5) is 0 Å². The number of aryl methyl sites for hydroxylation is 1. The van der Waals surface area contributed by atoms with E-state index in [0.29, 0.717) is 10.6 Å². The molecular weight excluding hydrogens is 283 g/mol. The fraction of sp³-hybridized carbons (Fsp3) is 0.364. The van der Waals surface area contributed by atoms with Crippen LogP contribution in [0.1, 0.15) is 18.9 Å². The van der Waals surface area contributed by atoms with Crippen LogP contribution in [-0.4, -0.2) is 18.9 Å². The summed E-state index contributed by atoms with van der Waals surface area (Å²) in [4.78, 5) is 10.9. The predicted octanol–water partition coefficient (Wildman–Crippen LogP) is 2.97. The summed E-state index contributed by atoms with van der Waals surface area (Å²) in [6.07, 6.45) is -0.203. The van der Waals surface area contributed by atoms with Gasteiger partial charge in [0, 0.05) is 11.4 Å². The van der Waals surface area contributed by atoms with Crippen molar-refractivity contribution in [2.24, 2.45) is 0 Å². The number of halogens is 2. The molecule has 1 rings (SSSR count). The Labute approximate surface area is 111 Å². The van der Waals surface area contributed by atoms with Crippen LogP contribution < -0.4 is 0 Å². The molecule has 0 N–H and O–H groups in total. The minimum atomic E-state index is -3.54. The summed E-state index contributed by atoms with van der Waals surface area (Å²) in [6.45, 7) is 3.18. The fourth-order valence-electron chi connectivity index (χ4n) is 1.36. The Bertz CT molecular complexity index is 538. The summed E-state index contributed by atoms with van der Waals surface area (Å²) in [5, 5.41) is -0.996. The van der Waals surface area contributed by atoms with Crippen LogP contribution >= 0.6 is 23.2 Å². The van der Waals surface area contributed by atoms with Gasteiger partial charge < -0.3 is 0 Å². The molecule has 0 radical (unpaired) electrons. The molecule has 1 aromatic rings. The molecule has 0 aromatic heterocycles. The second-order valence-corrected chi connectivity index (χ2v) is 7.02. The number of benzene rings is 1. The lowest BCUT2D eigenvalue weighted by atomic mass is 10.2. The molecule has 94 valence electrons. The average Bonchev–Trinajstić information content (AvgIpc) is 2.20. The van der Waals surface area contributed by atoms with Crippen LogP contribution in [0.2, 0.25) is 5.02 Å². The molecule has 0 bridgehead atoms. The van der Waals surface area contributed by atoms with E-state index in [9.17, 15) is 13.2 Å². The molecule has 1 atom stereocenters. The maximum atomic E-state index is 12.1. The highest BCUT2D eigenvalue weighted by Crippen LogP contribution is 2.23. The van der Waals surface area contributed by atoms with Crippen LogP contribution in [0.3, 0.4) is 0 Å². The number of carbonyl (C=O) groups excluding carboxylic acids is 1. The minimum Gasteiger partial charge on any atom is -0.281 e. The maximum absolute atomic E-state index is 12.1. The first kappa shape index (κ1) is 14.5. The van der Waals surface area contributed by atoms with E-state index in [-0.39, 0.29) is 11.3 Å². The Hall–Kier alpha value is -0.580. The predicted molar refractivity (Wildman–Crippen MR) is 68.3 cm³/mol. The van der Waals surface area contributed by atoms with E-state index >= 15 is 0 Å². The molecule has 0 saturated heterocycles. The molecule has 0 amide bonds. The molecule has 17 heavy (non-hydrogen) atoms. The zero-order chi connectivity index (χ0) is 13.2. The number of hydrogen-bond donors (Lipinski definition) is 0. The number of hydrogen-bond acceptors (Lipinski definition) is 3. The Kier molecular flexibility index (Phi) is 4.58. The third-order valence-electron chi connectivity index (χ3n) is 2.44. The zero-order valence-corrected chi connectivity index (χ0v) is 11.7. The second kappa shape index (κ2) is 5.38. The van der Waals surface area contributed by atoms with Crippen LogP contribution in [0, 0.1) is 6.92 Å². The second-order valence-electron chi connectivity index (χ2n) is 3.83. The van der Waals surface area contributed by atoms with Gasteiger partial charge in [-0.3, -0.25) is 4.79 Å². The third kappa shape index (κ3) is 3.44. The van der Waals surface area contributed by atoms with Gasteiger partial charge in [0.1, 0.15) is 0 Å². The average molecular weight is 295 g/mol. The van der Waals surface area contributed by atoms with E-state index in [0.717, 1.165) is 0 Å². The summed E-state index contributed by atoms with van der Waals surface area (Å²) in [5.41, 5.74) is 0.678. The van der Waals surface area contributed by atoms with Crippen molar-refractivity contribution in [2.45, 2.75) is 30.4 Å². The van der Waals surface area contributed by atoms with Gasteiger partial charge in [0.05, 0.1) is 10.1 Å². The highest BCUT2D eigenvalue weighted by molar-refractivity contribution is 7.92. The molecule has 0 heterocycles. The van der Waals surface area contributed by atoms with Crippen LogP contribution in [-0.2, 0) is 14.6 Å². The zero-order valence-electron chi connectivity index (χ0n) is 9.41. The monoisotopic (exact) mass is 294 g/mol. The van der Waals surface area contributed by atoms with Crippen molar-refractivity contribution in [3.05, 3.63) is 28.8 Å². The normalized spacial score (nSPS) is 13.4. The van der Waals surface area contributed by atoms with E-state index in [1.807, 2.05) is 0 Å². The van der Waals surface area contributed by atoms with E-state index < -0.39 is 20.3 Å². The summed E-state index contributed by atoms with van der Waals surface area (Å²) >= 11 is 11.0. The van der Waals surface area contributed by atoms with Gasteiger partial charge in [-0.15, -0.1) is 0 Å². The Morgan fingerprint density at radius 2 is 2.00 bits per heavy atom. The Morgan fingerprint density at radius 3 is 2.47 bits per heavy atom. The molecule has 1 unspecified atom stereocenters. The minimum absolute atomic E-state index is 0.157. The van der Waals surface area contributed by atoms with Crippen molar-refractivity contribution in [1.82, 2.24) is 0 Å². The highest BCUT2D eigenvalue weighted by atomic mass is 35.5. The van der Waals surface area contributed by atoms with Crippen molar-refractivity contribution in [1.29, 1.82) is 0 Å². The standard InChI is InChI=1S/C11H12Cl2O3S/c1-7-5-9(3-4-10(7)12)17(15,16)8(2)6-11(13)14/h3-5,8H,6H2,1-2H3. The first-order valence-corrected chi connectivity index (χ1v) is 7.23. The van der Waals surface area contributed by atoms with Crippen molar-refractivity contribution >= 4 is 38.3 Å². The lowest BCUT2D eigenvalue weighted by Gasteiger charge is -2.11. The number of carbonyl (C=O) groups is 1. The van der Waals surface area contributed by atoms with Gasteiger partial charge in [0.15, 0.2) is 9.84 Å². The van der Waals surface area contributed by atoms with Gasteiger partial charge in [0.2, 0.25) is 5.24 Å². The summed E-state index contributed by atoms with van der Waals surface area (Å²) in [7, 11) is -3.54. The van der Waals surface area contributed by atoms with Crippen molar-refractivity contribution in [3.63, 3.8) is 0 Å². The van der Waals surface area contributed by atoms with Crippen molar-refractivity contribution < 1.29 is 13.2 Å². The van der Waals surface area contributed by atoms with Crippen molar-refractivity contribution in [3.8, 4) is 0 Å². The van der Waals surface area contributed by atoms with E-state index in [2.05, 4.69) is 0 Å². The molecular formula is C11H12Cl2O3S. The molecule has 3 nitrogen and oxygen atoms in total. The quantitative estimate of drug-likeness (QED) is 0.802. The summed E-state index contributed by atoms with van der Waals surface area (Å²) in [6, 6.07) is 4.45. The van der Waals surface area contributed by atoms with E-state index in [1.54, 1.807) is 6.92 Å². The maximum Gasteiger partial charge on any atom is 0.222 e. The van der Waals surface area contributed by atoms with Gasteiger partial charge in [-0.1, -0.05) is 11.6 Å². The smallest absolute Gasteiger partial charge is 0.222 e. The molecule has 6 heteroatoms. The van der Waals surface area contributed by atoms with Gasteiger partial charge in [-0.05, 0) is 49.2 Å². The molecule has 0 aliphatic rings. The van der Waals surface area contributed by atoms with Crippen LogP contribution in [0.15, 0.2) is 23.1 Å². The van der Waals surface area contributed by atoms with Crippen LogP contribution in [0.25, 0.3) is 0 Å². The molecule has 1 aromatic carbocycles. The number of rotatable bonds is 4. The molecule has 0 saturated carbocycles.